The number of nitrogens with zero attached hydrogens (tertiary/aromatic N) is 1. The van der Waals surface area contributed by atoms with Crippen molar-refractivity contribution in [1.82, 2.24) is 4.90 Å². The minimum atomic E-state index is 0. The van der Waals surface area contributed by atoms with Crippen LogP contribution in [0.5, 0.6) is 0 Å². The predicted molar refractivity (Wildman–Crippen MR) is 61.3 cm³/mol. The second kappa shape index (κ2) is 8.42. The smallest absolute Gasteiger partial charge is 0.411 e. The van der Waals surface area contributed by atoms with Crippen molar-refractivity contribution in [3.05, 3.63) is 0 Å². The van der Waals surface area contributed by atoms with Gasteiger partial charge in [-0.3, -0.25) is 0 Å². The first-order valence-electron chi connectivity index (χ1n) is 4.53. The number of rotatable bonds is 4. The van der Waals surface area contributed by atoms with Gasteiger partial charge in [-0.25, -0.2) is 0 Å². The van der Waals surface area contributed by atoms with Crippen LogP contribution in [0.4, 0.5) is 0 Å². The van der Waals surface area contributed by atoms with Crippen molar-refractivity contribution in [3.63, 3.8) is 0 Å². The van der Waals surface area contributed by atoms with E-state index in [1.807, 2.05) is 0 Å². The zero-order valence-corrected chi connectivity index (χ0v) is 13.0. The van der Waals surface area contributed by atoms with Crippen LogP contribution in [-0.2, 0) is 12.6 Å². The monoisotopic (exact) mass is 227 g/mol. The molecular weight excluding hydrogens is 209 g/mol. The van der Waals surface area contributed by atoms with E-state index in [0.717, 1.165) is 12.8 Å². The van der Waals surface area contributed by atoms with Crippen LogP contribution in [0.15, 0.2) is 0 Å². The van der Waals surface area contributed by atoms with Gasteiger partial charge in [0, 0.05) is 12.1 Å². The molecule has 0 radical (unpaired) electrons. The van der Waals surface area contributed by atoms with Crippen molar-refractivity contribution in [2.45, 2.75) is 52.6 Å². The van der Waals surface area contributed by atoms with Gasteiger partial charge in [0.15, 0.2) is 0 Å². The number of hydrogen-bond donors (Lipinski definition) is 0. The van der Waals surface area contributed by atoms with Gasteiger partial charge in [-0.1, -0.05) is 18.2 Å². The molecule has 0 amide bonds. The third-order valence-corrected chi connectivity index (χ3v) is 2.76. The summed E-state index contributed by atoms with van der Waals surface area (Å²) >= 11 is 10.1. The minimum absolute atomic E-state index is 0. The maximum absolute atomic E-state index is 5.04. The van der Waals surface area contributed by atoms with E-state index in [4.69, 9.17) is 24.8 Å². The van der Waals surface area contributed by atoms with Crippen LogP contribution >= 0.6 is 12.2 Å². The van der Waals surface area contributed by atoms with Gasteiger partial charge in [0.25, 0.3) is 0 Å². The Balaban J connectivity index is 0. The second-order valence-corrected chi connectivity index (χ2v) is 4.22. The van der Waals surface area contributed by atoms with E-state index in [0.29, 0.717) is 16.4 Å². The predicted octanol–water partition coefficient (Wildman–Crippen LogP) is -0.279. The zero-order valence-electron chi connectivity index (χ0n) is 9.33. The number of hydrogen-bond acceptors (Lipinski definition) is 2. The third kappa shape index (κ3) is 5.53. The molecule has 72 valence electrons. The summed E-state index contributed by atoms with van der Waals surface area (Å²) in [7, 11) is 0. The van der Waals surface area contributed by atoms with Gasteiger partial charge in [-0.2, -0.15) is 0 Å². The molecule has 0 aliphatic rings. The fourth-order valence-electron chi connectivity index (χ4n) is 1.19. The van der Waals surface area contributed by atoms with Crippen molar-refractivity contribution in [1.29, 1.82) is 0 Å². The van der Waals surface area contributed by atoms with Crippen molar-refractivity contribution < 1.29 is 29.6 Å². The molecular formula is C9H18NNaS2. The Kier molecular flexibility index (Phi) is 10.7. The quantitative estimate of drug-likeness (QED) is 0.369. The molecule has 0 N–H and O–H groups in total. The minimum Gasteiger partial charge on any atom is -0.411 e. The molecule has 0 saturated carbocycles. The van der Waals surface area contributed by atoms with Gasteiger partial charge in [-0.05, 0) is 26.7 Å². The third-order valence-electron chi connectivity index (χ3n) is 2.34. The molecule has 0 aromatic heterocycles. The van der Waals surface area contributed by atoms with Crippen molar-refractivity contribution in [2.24, 2.45) is 0 Å². The van der Waals surface area contributed by atoms with E-state index < -0.39 is 0 Å². The van der Waals surface area contributed by atoms with Gasteiger partial charge >= 0.3 is 29.6 Å². The van der Waals surface area contributed by atoms with Gasteiger partial charge in [0.1, 0.15) is 0 Å². The van der Waals surface area contributed by atoms with Crippen molar-refractivity contribution >= 4 is 29.2 Å². The van der Waals surface area contributed by atoms with E-state index in [1.54, 1.807) is 0 Å². The molecule has 0 fully saturated rings. The SMILES string of the molecule is CCC(C)N(C(=S)[S-])C(C)CC.[Na+]. The molecule has 4 heteroatoms. The van der Waals surface area contributed by atoms with Gasteiger partial charge < -0.3 is 29.7 Å². The first-order valence-corrected chi connectivity index (χ1v) is 5.35. The summed E-state index contributed by atoms with van der Waals surface area (Å²) in [6.07, 6.45) is 2.20. The topological polar surface area (TPSA) is 3.24 Å². The van der Waals surface area contributed by atoms with Gasteiger partial charge in [-0.15, -0.1) is 0 Å². The van der Waals surface area contributed by atoms with Crippen LogP contribution in [0.25, 0.3) is 0 Å². The molecule has 0 aromatic rings. The standard InChI is InChI=1S/C9H19NS2.Na/c1-5-7(3)10(9(11)12)8(4)6-2;/h7-8H,5-6H2,1-4H3,(H,11,12);/q;+1/p-1. The van der Waals surface area contributed by atoms with Gasteiger partial charge in [0.05, 0.1) is 0 Å². The first kappa shape index (κ1) is 16.5. The molecule has 2 atom stereocenters. The van der Waals surface area contributed by atoms with E-state index >= 15 is 0 Å². The molecule has 0 bridgehead atoms. The largest absolute Gasteiger partial charge is 1.00 e. The molecule has 0 aliphatic heterocycles. The summed E-state index contributed by atoms with van der Waals surface area (Å²) < 4.78 is 0.610. The Morgan fingerprint density at radius 1 is 1.23 bits per heavy atom. The van der Waals surface area contributed by atoms with E-state index in [1.165, 1.54) is 0 Å². The molecule has 0 aliphatic carbocycles. The normalized spacial score (nSPS) is 14.2. The Labute approximate surface area is 115 Å². The van der Waals surface area contributed by atoms with E-state index in [-0.39, 0.29) is 29.6 Å². The molecule has 0 heterocycles. The molecule has 0 saturated heterocycles. The Bertz CT molecular complexity index is 143. The Morgan fingerprint density at radius 3 is 1.69 bits per heavy atom. The average Bonchev–Trinajstić information content (AvgIpc) is 2.03. The molecule has 0 rings (SSSR count). The molecule has 13 heavy (non-hydrogen) atoms. The van der Waals surface area contributed by atoms with Crippen LogP contribution in [0, 0.1) is 0 Å². The summed E-state index contributed by atoms with van der Waals surface area (Å²) in [4.78, 5) is 2.16. The second-order valence-electron chi connectivity index (χ2n) is 3.19. The van der Waals surface area contributed by atoms with Gasteiger partial charge in [0.2, 0.25) is 0 Å². The Morgan fingerprint density at radius 2 is 1.54 bits per heavy atom. The van der Waals surface area contributed by atoms with Crippen LogP contribution in [0.3, 0.4) is 0 Å². The summed E-state index contributed by atoms with van der Waals surface area (Å²) in [5.41, 5.74) is 0. The average molecular weight is 227 g/mol. The van der Waals surface area contributed by atoms with Crippen molar-refractivity contribution in [3.8, 4) is 0 Å². The molecule has 0 aromatic carbocycles. The fourth-order valence-corrected chi connectivity index (χ4v) is 1.91. The summed E-state index contributed by atoms with van der Waals surface area (Å²) in [5.74, 6) is 0. The molecule has 1 nitrogen and oxygen atoms in total. The van der Waals surface area contributed by atoms with Crippen LogP contribution in [-0.4, -0.2) is 21.3 Å². The fraction of sp³-hybridized carbons (Fsp3) is 0.889. The zero-order chi connectivity index (χ0) is 9.72. The van der Waals surface area contributed by atoms with E-state index in [2.05, 4.69) is 32.6 Å². The van der Waals surface area contributed by atoms with Crippen LogP contribution < -0.4 is 29.6 Å². The first-order chi connectivity index (χ1) is 5.54. The van der Waals surface area contributed by atoms with Crippen molar-refractivity contribution in [2.75, 3.05) is 0 Å². The maximum Gasteiger partial charge on any atom is 1.00 e. The maximum atomic E-state index is 5.04. The summed E-state index contributed by atoms with van der Waals surface area (Å²) in [6, 6.07) is 0.954. The van der Waals surface area contributed by atoms with E-state index in [9.17, 15) is 0 Å². The summed E-state index contributed by atoms with van der Waals surface area (Å²) in [6.45, 7) is 8.66. The number of thiocarbonyl (C=S) groups is 1. The van der Waals surface area contributed by atoms with Crippen LogP contribution in [0.1, 0.15) is 40.5 Å². The Hall–Kier alpha value is 1.11. The van der Waals surface area contributed by atoms with Crippen LogP contribution in [0.2, 0.25) is 0 Å². The summed E-state index contributed by atoms with van der Waals surface area (Å²) in [5, 5.41) is 0. The molecule has 0 spiro atoms. The molecule has 2 unspecified atom stereocenters.